The van der Waals surface area contributed by atoms with E-state index in [4.69, 9.17) is 4.74 Å². The molecule has 2 rings (SSSR count). The van der Waals surface area contributed by atoms with Crippen molar-refractivity contribution in [2.45, 2.75) is 13.8 Å². The molecule has 0 aliphatic heterocycles. The molecule has 0 aliphatic rings. The minimum absolute atomic E-state index is 0.621. The minimum atomic E-state index is 0.621. The van der Waals surface area contributed by atoms with Crippen molar-refractivity contribution in [3.63, 3.8) is 0 Å². The standard InChI is InChI=1S/C16H22N4O/c1-4-20(14-7-5-6-13(2)12-14)15-8-9-17-16(19-15)18-10-11-21-3/h5-9,12H,4,10-11H2,1-3H3,(H,17,18,19). The second kappa shape index (κ2) is 7.59. The van der Waals surface area contributed by atoms with Crippen molar-refractivity contribution in [2.75, 3.05) is 37.0 Å². The predicted octanol–water partition coefficient (Wildman–Crippen LogP) is 3.00. The molecule has 112 valence electrons. The van der Waals surface area contributed by atoms with E-state index in [1.165, 1.54) is 5.56 Å². The Morgan fingerprint density at radius 3 is 2.86 bits per heavy atom. The van der Waals surface area contributed by atoms with Crippen molar-refractivity contribution in [1.82, 2.24) is 9.97 Å². The van der Waals surface area contributed by atoms with Crippen LogP contribution in [-0.2, 0) is 4.74 Å². The van der Waals surface area contributed by atoms with E-state index < -0.39 is 0 Å². The fourth-order valence-corrected chi connectivity index (χ4v) is 2.12. The third-order valence-electron chi connectivity index (χ3n) is 3.14. The number of hydrogen-bond donors (Lipinski definition) is 1. The van der Waals surface area contributed by atoms with E-state index in [9.17, 15) is 0 Å². The third kappa shape index (κ3) is 4.16. The SMILES string of the molecule is CCN(c1cccc(C)c1)c1ccnc(NCCOC)n1. The second-order valence-corrected chi connectivity index (χ2v) is 4.74. The van der Waals surface area contributed by atoms with Crippen molar-refractivity contribution < 1.29 is 4.74 Å². The Hall–Kier alpha value is -2.14. The summed E-state index contributed by atoms with van der Waals surface area (Å²) in [6, 6.07) is 10.3. The van der Waals surface area contributed by atoms with Gasteiger partial charge in [-0.2, -0.15) is 4.98 Å². The monoisotopic (exact) mass is 286 g/mol. The first kappa shape index (κ1) is 15.3. The molecule has 0 spiro atoms. The quantitative estimate of drug-likeness (QED) is 0.793. The van der Waals surface area contributed by atoms with E-state index in [0.29, 0.717) is 19.1 Å². The molecule has 0 aliphatic carbocycles. The lowest BCUT2D eigenvalue weighted by Crippen LogP contribution is -2.19. The highest BCUT2D eigenvalue weighted by Gasteiger charge is 2.09. The molecule has 21 heavy (non-hydrogen) atoms. The summed E-state index contributed by atoms with van der Waals surface area (Å²) in [6.45, 7) is 6.37. The number of methoxy groups -OCH3 is 1. The van der Waals surface area contributed by atoms with Gasteiger partial charge in [0, 0.05) is 32.1 Å². The molecule has 5 nitrogen and oxygen atoms in total. The van der Waals surface area contributed by atoms with Gasteiger partial charge >= 0.3 is 0 Å². The number of aryl methyl sites for hydroxylation is 1. The van der Waals surface area contributed by atoms with Gasteiger partial charge in [0.25, 0.3) is 0 Å². The first-order valence-corrected chi connectivity index (χ1v) is 7.14. The molecule has 1 aromatic heterocycles. The second-order valence-electron chi connectivity index (χ2n) is 4.74. The van der Waals surface area contributed by atoms with Gasteiger partial charge in [0.15, 0.2) is 0 Å². The van der Waals surface area contributed by atoms with Crippen molar-refractivity contribution in [2.24, 2.45) is 0 Å². The van der Waals surface area contributed by atoms with Crippen molar-refractivity contribution >= 4 is 17.5 Å². The Balaban J connectivity index is 2.20. The van der Waals surface area contributed by atoms with Gasteiger partial charge in [-0.05, 0) is 37.6 Å². The van der Waals surface area contributed by atoms with Crippen LogP contribution in [0.15, 0.2) is 36.5 Å². The number of rotatable bonds is 7. The number of anilines is 3. The zero-order valence-electron chi connectivity index (χ0n) is 12.8. The van der Waals surface area contributed by atoms with E-state index >= 15 is 0 Å². The fraction of sp³-hybridized carbons (Fsp3) is 0.375. The van der Waals surface area contributed by atoms with Gasteiger partial charge in [0.2, 0.25) is 5.95 Å². The number of aromatic nitrogens is 2. The fourth-order valence-electron chi connectivity index (χ4n) is 2.12. The third-order valence-corrected chi connectivity index (χ3v) is 3.14. The first-order valence-electron chi connectivity index (χ1n) is 7.14. The van der Waals surface area contributed by atoms with E-state index in [1.54, 1.807) is 13.3 Å². The molecule has 2 aromatic rings. The lowest BCUT2D eigenvalue weighted by Gasteiger charge is -2.22. The topological polar surface area (TPSA) is 50.3 Å². The zero-order chi connectivity index (χ0) is 15.1. The number of nitrogens with one attached hydrogen (secondary N) is 1. The maximum atomic E-state index is 5.02. The summed E-state index contributed by atoms with van der Waals surface area (Å²) in [5, 5.41) is 3.15. The average molecular weight is 286 g/mol. The molecule has 0 radical (unpaired) electrons. The minimum Gasteiger partial charge on any atom is -0.383 e. The number of benzene rings is 1. The Bertz CT molecular complexity index is 574. The normalized spacial score (nSPS) is 10.4. The molecule has 1 heterocycles. The van der Waals surface area contributed by atoms with Crippen LogP contribution in [-0.4, -0.2) is 36.8 Å². The van der Waals surface area contributed by atoms with E-state index in [1.807, 2.05) is 6.07 Å². The Kier molecular flexibility index (Phi) is 5.51. The molecule has 0 saturated carbocycles. The number of ether oxygens (including phenoxy) is 1. The van der Waals surface area contributed by atoms with Crippen LogP contribution < -0.4 is 10.2 Å². The van der Waals surface area contributed by atoms with Gasteiger partial charge < -0.3 is 15.0 Å². The summed E-state index contributed by atoms with van der Waals surface area (Å²) in [7, 11) is 1.68. The molecule has 0 fully saturated rings. The molecule has 0 amide bonds. The maximum absolute atomic E-state index is 5.02. The molecule has 0 bridgehead atoms. The lowest BCUT2D eigenvalue weighted by atomic mass is 10.2. The van der Waals surface area contributed by atoms with E-state index in [0.717, 1.165) is 18.1 Å². The number of nitrogens with zero attached hydrogens (tertiary/aromatic N) is 3. The van der Waals surface area contributed by atoms with Crippen LogP contribution >= 0.6 is 0 Å². The van der Waals surface area contributed by atoms with Crippen molar-refractivity contribution in [3.8, 4) is 0 Å². The van der Waals surface area contributed by atoms with Gasteiger partial charge in [-0.3, -0.25) is 0 Å². The molecular weight excluding hydrogens is 264 g/mol. The highest BCUT2D eigenvalue weighted by atomic mass is 16.5. The molecular formula is C16H22N4O. The van der Waals surface area contributed by atoms with Gasteiger partial charge in [-0.15, -0.1) is 0 Å². The summed E-state index contributed by atoms with van der Waals surface area (Å²) < 4.78 is 5.02. The van der Waals surface area contributed by atoms with E-state index in [-0.39, 0.29) is 0 Å². The van der Waals surface area contributed by atoms with Crippen molar-refractivity contribution in [1.29, 1.82) is 0 Å². The summed E-state index contributed by atoms with van der Waals surface area (Å²) in [5.41, 5.74) is 2.37. The van der Waals surface area contributed by atoms with Gasteiger partial charge in [-0.25, -0.2) is 4.98 Å². The van der Waals surface area contributed by atoms with E-state index in [2.05, 4.69) is 58.3 Å². The van der Waals surface area contributed by atoms with Crippen LogP contribution in [0.5, 0.6) is 0 Å². The molecule has 1 N–H and O–H groups in total. The molecule has 0 saturated heterocycles. The Morgan fingerprint density at radius 2 is 2.14 bits per heavy atom. The molecule has 1 aromatic carbocycles. The number of hydrogen-bond acceptors (Lipinski definition) is 5. The van der Waals surface area contributed by atoms with Gasteiger partial charge in [-0.1, -0.05) is 12.1 Å². The van der Waals surface area contributed by atoms with Crippen molar-refractivity contribution in [3.05, 3.63) is 42.1 Å². The summed E-state index contributed by atoms with van der Waals surface area (Å²) >= 11 is 0. The lowest BCUT2D eigenvalue weighted by molar-refractivity contribution is 0.210. The maximum Gasteiger partial charge on any atom is 0.224 e. The highest BCUT2D eigenvalue weighted by molar-refractivity contribution is 5.61. The smallest absolute Gasteiger partial charge is 0.224 e. The summed E-state index contributed by atoms with van der Waals surface area (Å²) in [4.78, 5) is 11.0. The van der Waals surface area contributed by atoms with Crippen LogP contribution in [0.25, 0.3) is 0 Å². The van der Waals surface area contributed by atoms with Gasteiger partial charge in [0.1, 0.15) is 5.82 Å². The van der Waals surface area contributed by atoms with Crippen LogP contribution in [0.1, 0.15) is 12.5 Å². The average Bonchev–Trinajstić information content (AvgIpc) is 2.49. The first-order chi connectivity index (χ1) is 10.2. The van der Waals surface area contributed by atoms with Crippen LogP contribution in [0, 0.1) is 6.92 Å². The van der Waals surface area contributed by atoms with Crippen LogP contribution in [0.3, 0.4) is 0 Å². The van der Waals surface area contributed by atoms with Gasteiger partial charge in [0.05, 0.1) is 6.61 Å². The summed E-state index contributed by atoms with van der Waals surface area (Å²) in [6.07, 6.45) is 1.77. The molecule has 0 atom stereocenters. The highest BCUT2D eigenvalue weighted by Crippen LogP contribution is 2.24. The Labute approximate surface area is 126 Å². The largest absolute Gasteiger partial charge is 0.383 e. The van der Waals surface area contributed by atoms with Crippen LogP contribution in [0.4, 0.5) is 17.5 Å². The molecule has 5 heteroatoms. The molecule has 0 unspecified atom stereocenters. The summed E-state index contributed by atoms with van der Waals surface area (Å²) in [5.74, 6) is 1.51. The predicted molar refractivity (Wildman–Crippen MR) is 86.3 cm³/mol. The Morgan fingerprint density at radius 1 is 1.29 bits per heavy atom. The zero-order valence-corrected chi connectivity index (χ0v) is 12.8. The van der Waals surface area contributed by atoms with Crippen LogP contribution in [0.2, 0.25) is 0 Å².